The van der Waals surface area contributed by atoms with Gasteiger partial charge in [-0.1, -0.05) is 12.1 Å². The molecule has 0 aromatic heterocycles. The van der Waals surface area contributed by atoms with Crippen LogP contribution in [0.15, 0.2) is 54.6 Å². The molecule has 1 heterocycles. The van der Waals surface area contributed by atoms with Crippen LogP contribution in [0.1, 0.15) is 22.8 Å². The van der Waals surface area contributed by atoms with Crippen LogP contribution in [0, 0.1) is 0 Å². The van der Waals surface area contributed by atoms with E-state index in [1.54, 1.807) is 59.4 Å². The Morgan fingerprint density at radius 2 is 1.50 bits per heavy atom. The third-order valence-electron chi connectivity index (χ3n) is 4.86. The maximum atomic E-state index is 12.6. The SMILES string of the molecule is COc1ccc(C(=O)N2CCN(C(=O)/C=C/c3ccc(NC(C)=O)cc3)CC2)cc1. The second-order valence-electron chi connectivity index (χ2n) is 6.98. The first-order valence-corrected chi connectivity index (χ1v) is 9.74. The van der Waals surface area contributed by atoms with Crippen LogP contribution in [0.25, 0.3) is 6.08 Å². The predicted molar refractivity (Wildman–Crippen MR) is 115 cm³/mol. The third kappa shape index (κ3) is 5.47. The number of carbonyl (C=O) groups excluding carboxylic acids is 3. The molecule has 1 saturated heterocycles. The van der Waals surface area contributed by atoms with E-state index in [-0.39, 0.29) is 17.7 Å². The fourth-order valence-electron chi connectivity index (χ4n) is 3.20. The molecule has 1 aliphatic heterocycles. The Hall–Kier alpha value is -3.61. The molecule has 156 valence electrons. The summed E-state index contributed by atoms with van der Waals surface area (Å²) in [5, 5.41) is 2.70. The van der Waals surface area contributed by atoms with Crippen molar-refractivity contribution in [1.82, 2.24) is 9.80 Å². The van der Waals surface area contributed by atoms with E-state index in [2.05, 4.69) is 5.32 Å². The fraction of sp³-hybridized carbons (Fsp3) is 0.261. The van der Waals surface area contributed by atoms with Crippen molar-refractivity contribution in [1.29, 1.82) is 0 Å². The molecule has 2 aromatic rings. The van der Waals surface area contributed by atoms with Crippen molar-refractivity contribution in [2.24, 2.45) is 0 Å². The smallest absolute Gasteiger partial charge is 0.253 e. The number of methoxy groups -OCH3 is 1. The largest absolute Gasteiger partial charge is 0.497 e. The number of piperazine rings is 1. The van der Waals surface area contributed by atoms with E-state index >= 15 is 0 Å². The Labute approximate surface area is 175 Å². The highest BCUT2D eigenvalue weighted by atomic mass is 16.5. The van der Waals surface area contributed by atoms with Crippen LogP contribution in [0.2, 0.25) is 0 Å². The molecule has 1 fully saturated rings. The zero-order valence-corrected chi connectivity index (χ0v) is 17.1. The number of rotatable bonds is 5. The molecule has 1 N–H and O–H groups in total. The predicted octanol–water partition coefficient (Wildman–Crippen LogP) is 2.65. The van der Waals surface area contributed by atoms with E-state index in [1.807, 2.05) is 12.1 Å². The summed E-state index contributed by atoms with van der Waals surface area (Å²) in [6.45, 7) is 3.43. The fourth-order valence-corrected chi connectivity index (χ4v) is 3.20. The molecule has 7 nitrogen and oxygen atoms in total. The summed E-state index contributed by atoms with van der Waals surface area (Å²) in [7, 11) is 1.59. The first-order valence-electron chi connectivity index (χ1n) is 9.74. The molecule has 0 atom stereocenters. The van der Waals surface area contributed by atoms with Gasteiger partial charge in [-0.25, -0.2) is 0 Å². The van der Waals surface area contributed by atoms with Crippen molar-refractivity contribution in [3.63, 3.8) is 0 Å². The van der Waals surface area contributed by atoms with Gasteiger partial charge in [0.2, 0.25) is 11.8 Å². The number of carbonyl (C=O) groups is 3. The van der Waals surface area contributed by atoms with Crippen LogP contribution in [0.5, 0.6) is 5.75 Å². The maximum Gasteiger partial charge on any atom is 0.253 e. The monoisotopic (exact) mass is 407 g/mol. The van der Waals surface area contributed by atoms with Crippen molar-refractivity contribution >= 4 is 29.5 Å². The molecule has 30 heavy (non-hydrogen) atoms. The number of hydrogen-bond acceptors (Lipinski definition) is 4. The molecule has 0 saturated carbocycles. The average Bonchev–Trinajstić information content (AvgIpc) is 2.77. The number of amides is 3. The summed E-state index contributed by atoms with van der Waals surface area (Å²) in [6.07, 6.45) is 3.28. The highest BCUT2D eigenvalue weighted by Crippen LogP contribution is 2.15. The highest BCUT2D eigenvalue weighted by molar-refractivity contribution is 5.95. The first-order chi connectivity index (χ1) is 14.5. The number of hydrogen-bond donors (Lipinski definition) is 1. The zero-order chi connectivity index (χ0) is 21.5. The van der Waals surface area contributed by atoms with E-state index in [0.717, 1.165) is 5.56 Å². The minimum Gasteiger partial charge on any atom is -0.497 e. The Balaban J connectivity index is 1.51. The van der Waals surface area contributed by atoms with Gasteiger partial charge in [-0.2, -0.15) is 0 Å². The molecule has 0 aliphatic carbocycles. The van der Waals surface area contributed by atoms with Crippen LogP contribution in [-0.2, 0) is 9.59 Å². The summed E-state index contributed by atoms with van der Waals surface area (Å²) < 4.78 is 5.12. The van der Waals surface area contributed by atoms with Crippen molar-refractivity contribution < 1.29 is 19.1 Å². The van der Waals surface area contributed by atoms with Crippen molar-refractivity contribution in [2.45, 2.75) is 6.92 Å². The molecule has 3 rings (SSSR count). The van der Waals surface area contributed by atoms with Crippen LogP contribution in [0.4, 0.5) is 5.69 Å². The summed E-state index contributed by atoms with van der Waals surface area (Å²) in [5.41, 5.74) is 2.19. The molecule has 0 spiro atoms. The second kappa shape index (κ2) is 9.73. The Kier molecular flexibility index (Phi) is 6.85. The van der Waals surface area contributed by atoms with E-state index in [0.29, 0.717) is 43.2 Å². The van der Waals surface area contributed by atoms with Crippen molar-refractivity contribution in [3.8, 4) is 5.75 Å². The van der Waals surface area contributed by atoms with Gasteiger partial charge in [-0.3, -0.25) is 14.4 Å². The molecular weight excluding hydrogens is 382 g/mol. The van der Waals surface area contributed by atoms with Gasteiger partial charge in [-0.15, -0.1) is 0 Å². The minimum atomic E-state index is -0.127. The van der Waals surface area contributed by atoms with Gasteiger partial charge >= 0.3 is 0 Å². The van der Waals surface area contributed by atoms with Gasteiger partial charge in [0.15, 0.2) is 0 Å². The Morgan fingerprint density at radius 3 is 2.07 bits per heavy atom. The van der Waals surface area contributed by atoms with Gasteiger partial charge in [0.05, 0.1) is 7.11 Å². The lowest BCUT2D eigenvalue weighted by molar-refractivity contribution is -0.127. The minimum absolute atomic E-state index is 0.0421. The number of nitrogens with one attached hydrogen (secondary N) is 1. The molecular formula is C23H25N3O4. The highest BCUT2D eigenvalue weighted by Gasteiger charge is 2.23. The van der Waals surface area contributed by atoms with Crippen molar-refractivity contribution in [2.75, 3.05) is 38.6 Å². The summed E-state index contributed by atoms with van der Waals surface area (Å²) in [5.74, 6) is 0.452. The van der Waals surface area contributed by atoms with Crippen LogP contribution in [-0.4, -0.2) is 60.8 Å². The molecule has 3 amide bonds. The van der Waals surface area contributed by atoms with E-state index < -0.39 is 0 Å². The van der Waals surface area contributed by atoms with Crippen LogP contribution < -0.4 is 10.1 Å². The van der Waals surface area contributed by atoms with Gasteiger partial charge in [-0.05, 0) is 48.0 Å². The lowest BCUT2D eigenvalue weighted by atomic mass is 10.1. The first kappa shape index (κ1) is 21.1. The second-order valence-corrected chi connectivity index (χ2v) is 6.98. The molecule has 1 aliphatic rings. The van der Waals surface area contributed by atoms with E-state index in [1.165, 1.54) is 13.0 Å². The number of nitrogens with zero attached hydrogens (tertiary/aromatic N) is 2. The maximum absolute atomic E-state index is 12.6. The average molecular weight is 407 g/mol. The quantitative estimate of drug-likeness (QED) is 0.773. The molecule has 2 aromatic carbocycles. The van der Waals surface area contributed by atoms with Crippen LogP contribution >= 0.6 is 0 Å². The van der Waals surface area contributed by atoms with Gasteiger partial charge < -0.3 is 19.9 Å². The van der Waals surface area contributed by atoms with Gasteiger partial charge in [0, 0.05) is 50.4 Å². The number of benzene rings is 2. The lowest BCUT2D eigenvalue weighted by Gasteiger charge is -2.34. The summed E-state index contributed by atoms with van der Waals surface area (Å²) >= 11 is 0. The summed E-state index contributed by atoms with van der Waals surface area (Å²) in [4.78, 5) is 39.6. The zero-order valence-electron chi connectivity index (χ0n) is 17.1. The van der Waals surface area contributed by atoms with Crippen molar-refractivity contribution in [3.05, 3.63) is 65.7 Å². The number of ether oxygens (including phenoxy) is 1. The van der Waals surface area contributed by atoms with Crippen LogP contribution in [0.3, 0.4) is 0 Å². The standard InChI is InChI=1S/C23H25N3O4/c1-17(27)24-20-8-3-18(4-9-20)5-12-22(28)25-13-15-26(16-14-25)23(29)19-6-10-21(30-2)11-7-19/h3-12H,13-16H2,1-2H3,(H,24,27)/b12-5+. The van der Waals surface area contributed by atoms with Gasteiger partial charge in [0.25, 0.3) is 5.91 Å². The molecule has 0 radical (unpaired) electrons. The van der Waals surface area contributed by atoms with Gasteiger partial charge in [0.1, 0.15) is 5.75 Å². The lowest BCUT2D eigenvalue weighted by Crippen LogP contribution is -2.50. The molecule has 0 unspecified atom stereocenters. The number of anilines is 1. The topological polar surface area (TPSA) is 79.0 Å². The van der Waals surface area contributed by atoms with E-state index in [9.17, 15) is 14.4 Å². The Bertz CT molecular complexity index is 928. The molecule has 0 bridgehead atoms. The third-order valence-corrected chi connectivity index (χ3v) is 4.86. The normalized spacial score (nSPS) is 13.9. The van der Waals surface area contributed by atoms with E-state index in [4.69, 9.17) is 4.74 Å². The Morgan fingerprint density at radius 1 is 0.900 bits per heavy atom. The summed E-state index contributed by atoms with van der Waals surface area (Å²) in [6, 6.07) is 14.3. The molecule has 7 heteroatoms.